The molecule has 3 aliphatic rings. The minimum absolute atomic E-state index is 0.0268. The third-order valence-electron chi connectivity index (χ3n) is 8.97. The van der Waals surface area contributed by atoms with Gasteiger partial charge in [0.2, 0.25) is 5.60 Å². The SMILES string of the molecule is COC(=O)[C@@]1(OC)C[C@@H]2O[C@@]1(C)n1c3ccccc3c3c4c(c5c6ccccc6n2c5c31)C(=O)N(C)C4. The van der Waals surface area contributed by atoms with Gasteiger partial charge >= 0.3 is 5.97 Å². The van der Waals surface area contributed by atoms with Crippen molar-refractivity contribution in [2.24, 2.45) is 0 Å². The summed E-state index contributed by atoms with van der Waals surface area (Å²) in [5.41, 5.74) is 2.95. The first-order chi connectivity index (χ1) is 17.9. The average Bonchev–Trinajstić information content (AvgIpc) is 3.58. The molecular weight excluding hydrogens is 470 g/mol. The van der Waals surface area contributed by atoms with E-state index in [1.807, 2.05) is 44.3 Å². The van der Waals surface area contributed by atoms with Crippen LogP contribution in [0.3, 0.4) is 0 Å². The molecule has 3 aliphatic heterocycles. The Labute approximate surface area is 211 Å². The first kappa shape index (κ1) is 21.2. The molecule has 0 radical (unpaired) electrons. The van der Waals surface area contributed by atoms with Crippen molar-refractivity contribution >= 4 is 55.5 Å². The maximum absolute atomic E-state index is 13.7. The van der Waals surface area contributed by atoms with Crippen molar-refractivity contribution in [3.63, 3.8) is 0 Å². The third kappa shape index (κ3) is 2.09. The van der Waals surface area contributed by atoms with Crippen molar-refractivity contribution in [1.82, 2.24) is 14.0 Å². The molecule has 1 amide bonds. The van der Waals surface area contributed by atoms with E-state index < -0.39 is 23.5 Å². The van der Waals surface area contributed by atoms with Crippen molar-refractivity contribution in [2.75, 3.05) is 21.3 Å². The maximum atomic E-state index is 13.7. The lowest BCUT2D eigenvalue weighted by atomic mass is 9.88. The van der Waals surface area contributed by atoms with Crippen molar-refractivity contribution < 1.29 is 23.8 Å². The number of fused-ring (bicyclic) bond motifs is 13. The number of nitrogens with zero attached hydrogens (tertiary/aromatic N) is 3. The number of ether oxygens (including phenoxy) is 3. The number of aromatic nitrogens is 2. The van der Waals surface area contributed by atoms with E-state index in [1.54, 1.807) is 12.0 Å². The van der Waals surface area contributed by atoms with Gasteiger partial charge in [-0.3, -0.25) is 4.79 Å². The Balaban J connectivity index is 1.72. The molecule has 0 aliphatic carbocycles. The molecule has 2 bridgehead atoms. The van der Waals surface area contributed by atoms with E-state index in [-0.39, 0.29) is 12.3 Å². The molecule has 1 saturated heterocycles. The molecule has 0 spiro atoms. The molecule has 5 heterocycles. The summed E-state index contributed by atoms with van der Waals surface area (Å²) in [7, 11) is 4.79. The molecule has 8 heteroatoms. The minimum Gasteiger partial charge on any atom is -0.467 e. The summed E-state index contributed by atoms with van der Waals surface area (Å²) >= 11 is 0. The molecule has 5 aromatic rings. The summed E-state index contributed by atoms with van der Waals surface area (Å²) < 4.78 is 22.7. The van der Waals surface area contributed by atoms with Crippen LogP contribution in [-0.4, -0.2) is 52.8 Å². The summed E-state index contributed by atoms with van der Waals surface area (Å²) in [6, 6.07) is 16.2. The number of carbonyl (C=O) groups is 2. The second kappa shape index (κ2) is 6.51. The zero-order valence-electron chi connectivity index (χ0n) is 21.0. The number of hydrogen-bond donors (Lipinski definition) is 0. The first-order valence-corrected chi connectivity index (χ1v) is 12.5. The van der Waals surface area contributed by atoms with Crippen LogP contribution in [0.1, 0.15) is 35.5 Å². The number of esters is 1. The van der Waals surface area contributed by atoms with Crippen LogP contribution in [-0.2, 0) is 31.3 Å². The Morgan fingerprint density at radius 2 is 1.68 bits per heavy atom. The molecule has 8 nitrogen and oxygen atoms in total. The number of hydrogen-bond acceptors (Lipinski definition) is 5. The normalized spacial score (nSPS) is 26.2. The molecule has 2 aromatic heterocycles. The van der Waals surface area contributed by atoms with Crippen LogP contribution in [0, 0.1) is 0 Å². The highest BCUT2D eigenvalue weighted by atomic mass is 16.6. The van der Waals surface area contributed by atoms with E-state index >= 15 is 0 Å². The molecule has 186 valence electrons. The van der Waals surface area contributed by atoms with Gasteiger partial charge in [-0.05, 0) is 24.6 Å². The number of benzene rings is 3. The van der Waals surface area contributed by atoms with E-state index in [0.29, 0.717) is 6.54 Å². The van der Waals surface area contributed by atoms with E-state index in [2.05, 4.69) is 27.3 Å². The largest absolute Gasteiger partial charge is 0.467 e. The molecule has 0 unspecified atom stereocenters. The number of para-hydroxylation sites is 2. The van der Waals surface area contributed by atoms with Gasteiger partial charge in [0, 0.05) is 48.7 Å². The number of carbonyl (C=O) groups excluding carboxylic acids is 2. The molecule has 8 rings (SSSR count). The van der Waals surface area contributed by atoms with Gasteiger partial charge in [0.15, 0.2) is 5.72 Å². The fourth-order valence-corrected chi connectivity index (χ4v) is 7.44. The molecule has 0 saturated carbocycles. The van der Waals surface area contributed by atoms with Gasteiger partial charge in [-0.1, -0.05) is 36.4 Å². The Hall–Kier alpha value is -3.88. The van der Waals surface area contributed by atoms with E-state index in [4.69, 9.17) is 14.2 Å². The zero-order valence-corrected chi connectivity index (χ0v) is 21.0. The van der Waals surface area contributed by atoms with E-state index in [0.717, 1.165) is 54.7 Å². The predicted molar refractivity (Wildman–Crippen MR) is 138 cm³/mol. The van der Waals surface area contributed by atoms with Crippen molar-refractivity contribution in [1.29, 1.82) is 0 Å². The molecule has 3 aromatic carbocycles. The van der Waals surface area contributed by atoms with Crippen LogP contribution in [0.25, 0.3) is 43.6 Å². The average molecular weight is 496 g/mol. The Bertz CT molecular complexity index is 1880. The smallest absolute Gasteiger partial charge is 0.343 e. The van der Waals surface area contributed by atoms with Gasteiger partial charge in [0.25, 0.3) is 5.91 Å². The van der Waals surface area contributed by atoms with Gasteiger partial charge in [0.05, 0.1) is 34.7 Å². The Kier molecular flexibility index (Phi) is 3.74. The summed E-state index contributed by atoms with van der Waals surface area (Å²) in [4.78, 5) is 29.0. The highest BCUT2D eigenvalue weighted by molar-refractivity contribution is 6.31. The molecule has 3 atom stereocenters. The number of methoxy groups -OCH3 is 2. The molecular formula is C29H25N3O5. The Morgan fingerprint density at radius 3 is 2.38 bits per heavy atom. The second-order valence-corrected chi connectivity index (χ2v) is 10.5. The standard InChI is InChI=1S/C29H25N3O5/c1-28-29(36-4,27(34)35-3)13-20(37-28)31-18-11-7-5-9-15(18)22-23-17(14-30(2)26(23)33)21-16-10-6-8-12-19(16)32(28)25(21)24(22)31/h5-12,20H,13-14H2,1-4H3/t20-,28+,29-/m0/s1. The first-order valence-electron chi connectivity index (χ1n) is 12.5. The predicted octanol–water partition coefficient (Wildman–Crippen LogP) is 4.65. The minimum atomic E-state index is -1.39. The molecule has 0 N–H and O–H groups in total. The van der Waals surface area contributed by atoms with Crippen LogP contribution in [0.2, 0.25) is 0 Å². The topological polar surface area (TPSA) is 74.9 Å². The van der Waals surface area contributed by atoms with Crippen LogP contribution < -0.4 is 0 Å². The number of amides is 1. The molecule has 37 heavy (non-hydrogen) atoms. The lowest BCUT2D eigenvalue weighted by Gasteiger charge is -2.40. The summed E-state index contributed by atoms with van der Waals surface area (Å²) in [5.74, 6) is -0.447. The van der Waals surface area contributed by atoms with Gasteiger partial charge in [0.1, 0.15) is 6.23 Å². The van der Waals surface area contributed by atoms with Crippen LogP contribution in [0.5, 0.6) is 0 Å². The summed E-state index contributed by atoms with van der Waals surface area (Å²) in [6.07, 6.45) is -0.251. The van der Waals surface area contributed by atoms with Crippen LogP contribution in [0.4, 0.5) is 0 Å². The van der Waals surface area contributed by atoms with Crippen molar-refractivity contribution in [3.05, 3.63) is 59.7 Å². The highest BCUT2D eigenvalue weighted by Gasteiger charge is 2.67. The number of rotatable bonds is 2. The van der Waals surface area contributed by atoms with Crippen molar-refractivity contribution in [2.45, 2.75) is 37.4 Å². The quantitative estimate of drug-likeness (QED) is 0.333. The van der Waals surface area contributed by atoms with Gasteiger partial charge in [-0.25, -0.2) is 4.79 Å². The second-order valence-electron chi connectivity index (χ2n) is 10.5. The van der Waals surface area contributed by atoms with Crippen molar-refractivity contribution in [3.8, 4) is 0 Å². The van der Waals surface area contributed by atoms with Crippen LogP contribution in [0.15, 0.2) is 48.5 Å². The van der Waals surface area contributed by atoms with Crippen LogP contribution >= 0.6 is 0 Å². The fourth-order valence-electron chi connectivity index (χ4n) is 7.44. The lowest BCUT2D eigenvalue weighted by Crippen LogP contribution is -2.57. The van der Waals surface area contributed by atoms with E-state index in [9.17, 15) is 9.59 Å². The molecule has 1 fully saturated rings. The maximum Gasteiger partial charge on any atom is 0.343 e. The zero-order chi connectivity index (χ0) is 25.4. The highest BCUT2D eigenvalue weighted by Crippen LogP contribution is 2.59. The third-order valence-corrected chi connectivity index (χ3v) is 8.97. The summed E-state index contributed by atoms with van der Waals surface area (Å²) in [6.45, 7) is 2.44. The monoisotopic (exact) mass is 495 g/mol. The lowest BCUT2D eigenvalue weighted by molar-refractivity contribution is -0.210. The van der Waals surface area contributed by atoms with E-state index in [1.165, 1.54) is 7.11 Å². The summed E-state index contributed by atoms with van der Waals surface area (Å²) in [5, 5.41) is 3.97. The Morgan fingerprint density at radius 1 is 1.00 bits per heavy atom. The fraction of sp³-hybridized carbons (Fsp3) is 0.310. The van der Waals surface area contributed by atoms with Gasteiger partial charge < -0.3 is 28.2 Å². The van der Waals surface area contributed by atoms with Gasteiger partial charge in [-0.15, -0.1) is 0 Å². The van der Waals surface area contributed by atoms with Gasteiger partial charge in [-0.2, -0.15) is 0 Å².